The summed E-state index contributed by atoms with van der Waals surface area (Å²) in [7, 11) is 0. The average Bonchev–Trinajstić information content (AvgIpc) is 2.33. The van der Waals surface area contributed by atoms with Crippen molar-refractivity contribution in [1.82, 2.24) is 14.5 Å². The van der Waals surface area contributed by atoms with E-state index in [0.717, 1.165) is 5.56 Å². The molecule has 0 amide bonds. The van der Waals surface area contributed by atoms with Crippen LogP contribution >= 0.6 is 0 Å². The van der Waals surface area contributed by atoms with Crippen LogP contribution in [-0.2, 0) is 6.54 Å². The molecule has 0 radical (unpaired) electrons. The minimum atomic E-state index is -0.441. The minimum Gasteiger partial charge on any atom is -0.290 e. The van der Waals surface area contributed by atoms with Crippen molar-refractivity contribution < 1.29 is 0 Å². The van der Waals surface area contributed by atoms with Crippen molar-refractivity contribution in [3.63, 3.8) is 0 Å². The quantitative estimate of drug-likeness (QED) is 0.791. The summed E-state index contributed by atoms with van der Waals surface area (Å²) in [6.07, 6.45) is 4.82. The number of hydrogen-bond acceptors (Lipinski definition) is 3. The highest BCUT2D eigenvalue weighted by molar-refractivity contribution is 5.58. The SMILES string of the molecule is C=CCn1c(-c2ccncc2)cc(=O)[nH]c1=O. The maximum absolute atomic E-state index is 11.7. The molecule has 0 aliphatic heterocycles. The van der Waals surface area contributed by atoms with Gasteiger partial charge in [0.2, 0.25) is 0 Å². The number of rotatable bonds is 3. The van der Waals surface area contributed by atoms with Gasteiger partial charge in [0.05, 0.1) is 5.69 Å². The minimum absolute atomic E-state index is 0.341. The first-order valence-electron chi connectivity index (χ1n) is 5.08. The van der Waals surface area contributed by atoms with E-state index in [-0.39, 0.29) is 0 Å². The molecule has 2 aromatic heterocycles. The Kier molecular flexibility index (Phi) is 3.00. The second-order valence-corrected chi connectivity index (χ2v) is 3.46. The van der Waals surface area contributed by atoms with Gasteiger partial charge in [0, 0.05) is 30.6 Å². The number of pyridine rings is 1. The van der Waals surface area contributed by atoms with Crippen molar-refractivity contribution in [2.24, 2.45) is 0 Å². The molecule has 0 spiro atoms. The lowest BCUT2D eigenvalue weighted by atomic mass is 10.2. The third-order valence-corrected chi connectivity index (χ3v) is 2.32. The molecule has 0 unspecified atom stereocenters. The number of aromatic amines is 1. The fraction of sp³-hybridized carbons (Fsp3) is 0.0833. The zero-order valence-electron chi connectivity index (χ0n) is 9.09. The molecule has 1 N–H and O–H groups in total. The fourth-order valence-electron chi connectivity index (χ4n) is 1.59. The van der Waals surface area contributed by atoms with Crippen molar-refractivity contribution in [3.05, 3.63) is 64.1 Å². The molecule has 2 heterocycles. The topological polar surface area (TPSA) is 67.8 Å². The summed E-state index contributed by atoms with van der Waals surface area (Å²) >= 11 is 0. The predicted octanol–water partition coefficient (Wildman–Crippen LogP) is 0.785. The number of H-pyrrole nitrogens is 1. The highest BCUT2D eigenvalue weighted by Crippen LogP contribution is 2.14. The Morgan fingerprint density at radius 3 is 2.71 bits per heavy atom. The molecule has 17 heavy (non-hydrogen) atoms. The maximum atomic E-state index is 11.7. The Bertz CT molecular complexity index is 641. The fourth-order valence-corrected chi connectivity index (χ4v) is 1.59. The summed E-state index contributed by atoms with van der Waals surface area (Å²) < 4.78 is 1.45. The van der Waals surface area contributed by atoms with Crippen LogP contribution in [0.2, 0.25) is 0 Å². The molecule has 0 aliphatic rings. The smallest absolute Gasteiger partial charge is 0.290 e. The number of hydrogen-bond donors (Lipinski definition) is 1. The molecular formula is C12H11N3O2. The molecule has 0 aromatic carbocycles. The molecule has 0 bridgehead atoms. The van der Waals surface area contributed by atoms with E-state index >= 15 is 0 Å². The molecule has 0 fully saturated rings. The van der Waals surface area contributed by atoms with E-state index in [0.29, 0.717) is 12.2 Å². The standard InChI is InChI=1S/C12H11N3O2/c1-2-7-15-10(8-11(16)14-12(15)17)9-3-5-13-6-4-9/h2-6,8H,1,7H2,(H,14,16,17). The number of aromatic nitrogens is 3. The van der Waals surface area contributed by atoms with Gasteiger partial charge < -0.3 is 0 Å². The molecule has 2 rings (SSSR count). The molecule has 5 heteroatoms. The van der Waals surface area contributed by atoms with Gasteiger partial charge in [-0.1, -0.05) is 6.08 Å². The first-order chi connectivity index (χ1) is 8.22. The average molecular weight is 229 g/mol. The van der Waals surface area contributed by atoms with Gasteiger partial charge in [-0.3, -0.25) is 19.3 Å². The second kappa shape index (κ2) is 4.61. The zero-order valence-corrected chi connectivity index (χ0v) is 9.09. The van der Waals surface area contributed by atoms with E-state index in [9.17, 15) is 9.59 Å². The monoisotopic (exact) mass is 229 g/mol. The first kappa shape index (κ1) is 11.1. The molecule has 0 aliphatic carbocycles. The van der Waals surface area contributed by atoms with E-state index in [1.165, 1.54) is 10.6 Å². The van der Waals surface area contributed by atoms with E-state index in [2.05, 4.69) is 16.5 Å². The summed E-state index contributed by atoms with van der Waals surface area (Å²) in [5.74, 6) is 0. The van der Waals surface area contributed by atoms with Crippen molar-refractivity contribution in [1.29, 1.82) is 0 Å². The lowest BCUT2D eigenvalue weighted by molar-refractivity contribution is 0.746. The van der Waals surface area contributed by atoms with E-state index in [4.69, 9.17) is 0 Å². The number of nitrogens with one attached hydrogen (secondary N) is 1. The Labute approximate surface area is 97.1 Å². The van der Waals surface area contributed by atoms with E-state index in [1.807, 2.05) is 0 Å². The summed E-state index contributed by atoms with van der Waals surface area (Å²) in [6.45, 7) is 3.93. The maximum Gasteiger partial charge on any atom is 0.329 e. The number of allylic oxidation sites excluding steroid dienone is 1. The van der Waals surface area contributed by atoms with Crippen molar-refractivity contribution in [3.8, 4) is 11.3 Å². The summed E-state index contributed by atoms with van der Waals surface area (Å²) in [4.78, 5) is 29.1. The van der Waals surface area contributed by atoms with Gasteiger partial charge in [0.25, 0.3) is 5.56 Å². The second-order valence-electron chi connectivity index (χ2n) is 3.46. The Morgan fingerprint density at radius 1 is 1.35 bits per heavy atom. The third kappa shape index (κ3) is 2.23. The van der Waals surface area contributed by atoms with Gasteiger partial charge in [-0.25, -0.2) is 4.79 Å². The van der Waals surface area contributed by atoms with Crippen molar-refractivity contribution >= 4 is 0 Å². The third-order valence-electron chi connectivity index (χ3n) is 2.32. The van der Waals surface area contributed by atoms with Crippen LogP contribution in [0.3, 0.4) is 0 Å². The van der Waals surface area contributed by atoms with Gasteiger partial charge >= 0.3 is 5.69 Å². The molecule has 5 nitrogen and oxygen atoms in total. The lowest BCUT2D eigenvalue weighted by Crippen LogP contribution is -2.30. The van der Waals surface area contributed by atoms with Gasteiger partial charge in [-0.15, -0.1) is 6.58 Å². The van der Waals surface area contributed by atoms with Crippen molar-refractivity contribution in [2.45, 2.75) is 6.54 Å². The highest BCUT2D eigenvalue weighted by atomic mass is 16.2. The molecular weight excluding hydrogens is 218 g/mol. The van der Waals surface area contributed by atoms with Gasteiger partial charge in [-0.2, -0.15) is 0 Å². The summed E-state index contributed by atoms with van der Waals surface area (Å²) in [5, 5.41) is 0. The highest BCUT2D eigenvalue weighted by Gasteiger charge is 2.06. The first-order valence-corrected chi connectivity index (χ1v) is 5.08. The molecule has 0 saturated carbocycles. The van der Waals surface area contributed by atoms with Crippen LogP contribution in [0.1, 0.15) is 0 Å². The zero-order chi connectivity index (χ0) is 12.3. The van der Waals surface area contributed by atoms with Gasteiger partial charge in [-0.05, 0) is 12.1 Å². The van der Waals surface area contributed by atoms with Crippen LogP contribution < -0.4 is 11.2 Å². The predicted molar refractivity (Wildman–Crippen MR) is 64.8 cm³/mol. The van der Waals surface area contributed by atoms with Crippen molar-refractivity contribution in [2.75, 3.05) is 0 Å². The van der Waals surface area contributed by atoms with Crippen LogP contribution in [0.15, 0.2) is 52.8 Å². The van der Waals surface area contributed by atoms with Crippen LogP contribution in [0.25, 0.3) is 11.3 Å². The van der Waals surface area contributed by atoms with E-state index < -0.39 is 11.2 Å². The van der Waals surface area contributed by atoms with Crippen LogP contribution in [0.4, 0.5) is 0 Å². The molecule has 0 atom stereocenters. The largest absolute Gasteiger partial charge is 0.329 e. The normalized spacial score (nSPS) is 10.1. The summed E-state index contributed by atoms with van der Waals surface area (Å²) in [5.41, 5.74) is 0.470. The Morgan fingerprint density at radius 2 is 2.06 bits per heavy atom. The Balaban J connectivity index is 2.71. The van der Waals surface area contributed by atoms with Crippen LogP contribution in [0, 0.1) is 0 Å². The van der Waals surface area contributed by atoms with Gasteiger partial charge in [0.1, 0.15) is 0 Å². The lowest BCUT2D eigenvalue weighted by Gasteiger charge is -2.09. The number of nitrogens with zero attached hydrogens (tertiary/aromatic N) is 2. The Hall–Kier alpha value is -2.43. The summed E-state index contributed by atoms with van der Waals surface area (Å²) in [6, 6.07) is 4.88. The molecule has 2 aromatic rings. The molecule has 0 saturated heterocycles. The van der Waals surface area contributed by atoms with E-state index in [1.54, 1.807) is 30.6 Å². The molecule has 86 valence electrons. The van der Waals surface area contributed by atoms with Gasteiger partial charge in [0.15, 0.2) is 0 Å². The van der Waals surface area contributed by atoms with Crippen LogP contribution in [0.5, 0.6) is 0 Å². The van der Waals surface area contributed by atoms with Crippen LogP contribution in [-0.4, -0.2) is 14.5 Å².